The molecule has 0 radical (unpaired) electrons. The van der Waals surface area contributed by atoms with Gasteiger partial charge in [-0.25, -0.2) is 0 Å². The number of hydrogen-bond donors (Lipinski definition) is 2. The number of methoxy groups -OCH3 is 1. The minimum Gasteiger partial charge on any atom is -0.503 e. The van der Waals surface area contributed by atoms with E-state index in [1.807, 2.05) is 0 Å². The van der Waals surface area contributed by atoms with Crippen LogP contribution in [0.15, 0.2) is 40.2 Å². The van der Waals surface area contributed by atoms with Gasteiger partial charge in [-0.3, -0.25) is 9.59 Å². The number of carbonyl (C=O) groups is 2. The number of allylic oxidation sites excluding steroid dienone is 2. The molecule has 1 saturated carbocycles. The van der Waals surface area contributed by atoms with Crippen molar-refractivity contribution in [3.8, 4) is 11.5 Å². The fourth-order valence-electron chi connectivity index (χ4n) is 4.98. The molecular weight excluding hydrogens is 462 g/mol. The molecule has 2 N–H and O–H groups in total. The van der Waals surface area contributed by atoms with E-state index in [2.05, 4.69) is 27.8 Å². The summed E-state index contributed by atoms with van der Waals surface area (Å²) in [6.45, 7) is 4.13. The molecule has 0 spiro atoms. The normalized spacial score (nSPS) is 24.5. The molecule has 2 aliphatic carbocycles. The van der Waals surface area contributed by atoms with E-state index < -0.39 is 11.8 Å². The van der Waals surface area contributed by atoms with Gasteiger partial charge in [-0.2, -0.15) is 0 Å². The van der Waals surface area contributed by atoms with Crippen molar-refractivity contribution in [3.63, 3.8) is 0 Å². The lowest BCUT2D eigenvalue weighted by Crippen LogP contribution is -2.42. The second-order valence-corrected chi connectivity index (χ2v) is 9.38. The second kappa shape index (κ2) is 9.07. The minimum absolute atomic E-state index is 0.0236. The van der Waals surface area contributed by atoms with Gasteiger partial charge in [0.25, 0.3) is 0 Å². The molecule has 2 unspecified atom stereocenters. The van der Waals surface area contributed by atoms with Crippen LogP contribution in [0.1, 0.15) is 62.8 Å². The number of ketones is 1. The third kappa shape index (κ3) is 4.25. The standard InChI is InChI=1S/C24H28BrNO5/c1-13-20(24(29)31-15-7-4-3-5-8-15)21(22-17(26-13)9-6-10-18(22)27)14-11-16(25)23(28)19(12-14)30-2/h11-12,15,20-21,26,28H,1,3-10H2,2H3. The summed E-state index contributed by atoms with van der Waals surface area (Å²) in [4.78, 5) is 26.4. The average molecular weight is 490 g/mol. The van der Waals surface area contributed by atoms with Crippen molar-refractivity contribution >= 4 is 27.7 Å². The highest BCUT2D eigenvalue weighted by atomic mass is 79.9. The Morgan fingerprint density at radius 3 is 2.65 bits per heavy atom. The Morgan fingerprint density at radius 1 is 1.19 bits per heavy atom. The zero-order valence-corrected chi connectivity index (χ0v) is 19.3. The maximum absolute atomic E-state index is 13.4. The molecule has 4 rings (SSSR count). The van der Waals surface area contributed by atoms with Gasteiger partial charge in [0.1, 0.15) is 12.0 Å². The van der Waals surface area contributed by atoms with Crippen LogP contribution in [-0.4, -0.2) is 30.1 Å². The smallest absolute Gasteiger partial charge is 0.316 e. The van der Waals surface area contributed by atoms with E-state index in [0.717, 1.165) is 44.2 Å². The van der Waals surface area contributed by atoms with Gasteiger partial charge >= 0.3 is 5.97 Å². The first-order valence-corrected chi connectivity index (χ1v) is 11.7. The lowest BCUT2D eigenvalue weighted by molar-refractivity contribution is -0.155. The highest BCUT2D eigenvalue weighted by molar-refractivity contribution is 9.10. The van der Waals surface area contributed by atoms with Crippen LogP contribution in [0, 0.1) is 5.92 Å². The number of halogens is 1. The van der Waals surface area contributed by atoms with Crippen LogP contribution in [0.25, 0.3) is 0 Å². The fourth-order valence-corrected chi connectivity index (χ4v) is 5.44. The maximum atomic E-state index is 13.4. The summed E-state index contributed by atoms with van der Waals surface area (Å²) in [6.07, 6.45) is 6.88. The van der Waals surface area contributed by atoms with Crippen LogP contribution < -0.4 is 10.1 Å². The van der Waals surface area contributed by atoms with Crippen LogP contribution in [0.5, 0.6) is 11.5 Å². The van der Waals surface area contributed by atoms with Gasteiger partial charge in [0, 0.05) is 29.3 Å². The van der Waals surface area contributed by atoms with Crippen LogP contribution >= 0.6 is 15.9 Å². The predicted octanol–water partition coefficient (Wildman–Crippen LogP) is 4.86. The highest BCUT2D eigenvalue weighted by Crippen LogP contribution is 2.47. The van der Waals surface area contributed by atoms with Crippen LogP contribution in [0.4, 0.5) is 0 Å². The fraction of sp³-hybridized carbons (Fsp3) is 0.500. The Morgan fingerprint density at radius 2 is 1.94 bits per heavy atom. The van der Waals surface area contributed by atoms with Gasteiger partial charge in [-0.1, -0.05) is 13.0 Å². The van der Waals surface area contributed by atoms with E-state index in [-0.39, 0.29) is 29.4 Å². The topological polar surface area (TPSA) is 84.9 Å². The summed E-state index contributed by atoms with van der Waals surface area (Å²) in [5, 5.41) is 13.5. The summed E-state index contributed by atoms with van der Waals surface area (Å²) in [6, 6.07) is 3.44. The number of benzene rings is 1. The summed E-state index contributed by atoms with van der Waals surface area (Å²) in [5.41, 5.74) is 2.69. The number of phenols is 1. The quantitative estimate of drug-likeness (QED) is 0.587. The van der Waals surface area contributed by atoms with E-state index >= 15 is 0 Å². The third-order valence-corrected chi connectivity index (χ3v) is 7.11. The van der Waals surface area contributed by atoms with Crippen molar-refractivity contribution in [1.29, 1.82) is 0 Å². The molecule has 166 valence electrons. The molecule has 1 aromatic carbocycles. The summed E-state index contributed by atoms with van der Waals surface area (Å²) >= 11 is 3.37. The Bertz CT molecular complexity index is 948. The van der Waals surface area contributed by atoms with Crippen LogP contribution in [0.2, 0.25) is 0 Å². The Hall–Kier alpha value is -2.28. The maximum Gasteiger partial charge on any atom is 0.316 e. The first-order valence-electron chi connectivity index (χ1n) is 10.9. The van der Waals surface area contributed by atoms with E-state index in [9.17, 15) is 14.7 Å². The predicted molar refractivity (Wildman–Crippen MR) is 120 cm³/mol. The zero-order valence-electron chi connectivity index (χ0n) is 17.7. The lowest BCUT2D eigenvalue weighted by atomic mass is 9.71. The molecule has 6 nitrogen and oxygen atoms in total. The molecule has 31 heavy (non-hydrogen) atoms. The number of nitrogens with one attached hydrogen (secondary N) is 1. The largest absolute Gasteiger partial charge is 0.503 e. The number of ether oxygens (including phenoxy) is 2. The Kier molecular flexibility index (Phi) is 6.42. The van der Waals surface area contributed by atoms with E-state index in [0.29, 0.717) is 27.7 Å². The van der Waals surface area contributed by atoms with Gasteiger partial charge in [0.15, 0.2) is 17.3 Å². The van der Waals surface area contributed by atoms with Gasteiger partial charge in [-0.15, -0.1) is 0 Å². The first-order chi connectivity index (χ1) is 14.9. The molecule has 0 saturated heterocycles. The molecule has 0 amide bonds. The van der Waals surface area contributed by atoms with Crippen molar-refractivity contribution in [3.05, 3.63) is 45.7 Å². The molecular formula is C24H28BrNO5. The van der Waals surface area contributed by atoms with Crippen LogP contribution in [0.3, 0.4) is 0 Å². The van der Waals surface area contributed by atoms with Gasteiger partial charge < -0.3 is 19.9 Å². The molecule has 3 aliphatic rings. The summed E-state index contributed by atoms with van der Waals surface area (Å²) in [5.74, 6) is -1.35. The average Bonchev–Trinajstić information content (AvgIpc) is 2.75. The van der Waals surface area contributed by atoms with E-state index in [4.69, 9.17) is 9.47 Å². The number of Topliss-reactive ketones (excluding diaryl/α,β-unsaturated/α-hetero) is 1. The third-order valence-electron chi connectivity index (χ3n) is 6.51. The molecule has 7 heteroatoms. The molecule has 1 aromatic rings. The number of phenolic OH excluding ortho intramolecular Hbond substituents is 1. The van der Waals surface area contributed by atoms with E-state index in [1.54, 1.807) is 12.1 Å². The number of esters is 1. The van der Waals surface area contributed by atoms with Crippen molar-refractivity contribution in [2.24, 2.45) is 5.92 Å². The number of rotatable bonds is 4. The van der Waals surface area contributed by atoms with Crippen molar-refractivity contribution < 1.29 is 24.2 Å². The van der Waals surface area contributed by atoms with Crippen LogP contribution in [-0.2, 0) is 14.3 Å². The van der Waals surface area contributed by atoms with Crippen molar-refractivity contribution in [2.45, 2.75) is 63.4 Å². The minimum atomic E-state index is -0.733. The monoisotopic (exact) mass is 489 g/mol. The molecule has 1 fully saturated rings. The van der Waals surface area contributed by atoms with Crippen molar-refractivity contribution in [1.82, 2.24) is 5.32 Å². The number of carbonyl (C=O) groups excluding carboxylic acids is 2. The molecule has 1 heterocycles. The summed E-state index contributed by atoms with van der Waals surface area (Å²) in [7, 11) is 1.47. The zero-order chi connectivity index (χ0) is 22.1. The molecule has 2 atom stereocenters. The van der Waals surface area contributed by atoms with Gasteiger partial charge in [0.2, 0.25) is 0 Å². The lowest BCUT2D eigenvalue weighted by Gasteiger charge is -2.39. The molecule has 0 aromatic heterocycles. The second-order valence-electron chi connectivity index (χ2n) is 8.53. The van der Waals surface area contributed by atoms with E-state index in [1.165, 1.54) is 13.5 Å². The highest BCUT2D eigenvalue weighted by Gasteiger charge is 2.44. The number of aromatic hydroxyl groups is 1. The Labute approximate surface area is 190 Å². The van der Waals surface area contributed by atoms with Gasteiger partial charge in [0.05, 0.1) is 11.6 Å². The molecule has 0 bridgehead atoms. The summed E-state index contributed by atoms with van der Waals surface area (Å²) < 4.78 is 11.7. The SMILES string of the molecule is C=C1NC2=C(C(=O)CCC2)C(c2cc(Br)c(O)c(OC)c2)C1C(=O)OC1CCCCC1. The first kappa shape index (κ1) is 21.9. The number of hydrogen-bond acceptors (Lipinski definition) is 6. The Balaban J connectivity index is 1.78. The van der Waals surface area contributed by atoms with Crippen molar-refractivity contribution in [2.75, 3.05) is 7.11 Å². The van der Waals surface area contributed by atoms with Gasteiger partial charge in [-0.05, 0) is 72.2 Å². The molecule has 1 aliphatic heterocycles.